The summed E-state index contributed by atoms with van der Waals surface area (Å²) >= 11 is 1.76. The Morgan fingerprint density at radius 1 is 1.26 bits per heavy atom. The zero-order valence-corrected chi connectivity index (χ0v) is 12.7. The van der Waals surface area contributed by atoms with Gasteiger partial charge in [-0.2, -0.15) is 0 Å². The molecule has 0 aromatic carbocycles. The second kappa shape index (κ2) is 6.64. The molecule has 0 aromatic rings. The molecule has 1 N–H and O–H groups in total. The number of nitrogens with zero attached hydrogens (tertiary/aromatic N) is 1. The molecule has 2 fully saturated rings. The van der Waals surface area contributed by atoms with Gasteiger partial charge in [0, 0.05) is 18.2 Å². The van der Waals surface area contributed by atoms with Crippen LogP contribution in [0.15, 0.2) is 0 Å². The van der Waals surface area contributed by atoms with Gasteiger partial charge in [-0.1, -0.05) is 20.3 Å². The molecule has 0 bridgehead atoms. The van der Waals surface area contributed by atoms with Gasteiger partial charge in [-0.15, -0.1) is 11.8 Å². The Bertz CT molecular complexity index is 344. The fourth-order valence-electron chi connectivity index (χ4n) is 2.44. The van der Waals surface area contributed by atoms with Gasteiger partial charge in [-0.05, 0) is 25.7 Å². The molecule has 0 spiro atoms. The number of rotatable bonds is 6. The molecule has 2 atom stereocenters. The van der Waals surface area contributed by atoms with Crippen molar-refractivity contribution >= 4 is 23.6 Å². The molecule has 1 aliphatic heterocycles. The number of nitrogens with one attached hydrogen (secondary N) is 1. The molecule has 1 heterocycles. The van der Waals surface area contributed by atoms with Crippen LogP contribution in [0.4, 0.5) is 0 Å². The summed E-state index contributed by atoms with van der Waals surface area (Å²) in [5.74, 6) is 1.18. The number of hydrogen-bond donors (Lipinski definition) is 1. The molecule has 2 amide bonds. The average molecular weight is 284 g/mol. The van der Waals surface area contributed by atoms with E-state index in [1.807, 2.05) is 11.8 Å². The minimum atomic E-state index is -0.249. The van der Waals surface area contributed by atoms with Gasteiger partial charge in [0.15, 0.2) is 0 Å². The Labute approximate surface area is 119 Å². The summed E-state index contributed by atoms with van der Waals surface area (Å²) in [5.41, 5.74) is 0. The lowest BCUT2D eigenvalue weighted by atomic mass is 10.2. The predicted molar refractivity (Wildman–Crippen MR) is 77.8 cm³/mol. The minimum Gasteiger partial charge on any atom is -0.354 e. The van der Waals surface area contributed by atoms with Crippen molar-refractivity contribution in [2.24, 2.45) is 5.92 Å². The van der Waals surface area contributed by atoms with Crippen molar-refractivity contribution in [3.05, 3.63) is 0 Å². The van der Waals surface area contributed by atoms with E-state index in [1.165, 1.54) is 0 Å². The minimum absolute atomic E-state index is 0.0296. The van der Waals surface area contributed by atoms with Gasteiger partial charge in [0.05, 0.1) is 5.37 Å². The number of amides is 2. The van der Waals surface area contributed by atoms with E-state index in [1.54, 1.807) is 11.8 Å². The third-order valence-electron chi connectivity index (χ3n) is 3.66. The molecule has 0 radical (unpaired) electrons. The third kappa shape index (κ3) is 3.44. The van der Waals surface area contributed by atoms with E-state index >= 15 is 0 Å². The molecule has 2 rings (SSSR count). The standard InChI is InChI=1S/C14H24N2O2S/c1-3-5-12-16(14(18)10-6-7-10)11(9-19-12)13(17)15-8-4-2/h10-12H,3-9H2,1-2H3,(H,15,17). The van der Waals surface area contributed by atoms with Gasteiger partial charge >= 0.3 is 0 Å². The smallest absolute Gasteiger partial charge is 0.243 e. The topological polar surface area (TPSA) is 49.4 Å². The molecule has 2 aliphatic rings. The Morgan fingerprint density at radius 3 is 2.58 bits per heavy atom. The van der Waals surface area contributed by atoms with Crippen LogP contribution in [0, 0.1) is 5.92 Å². The fourth-order valence-corrected chi connectivity index (χ4v) is 3.97. The van der Waals surface area contributed by atoms with E-state index in [2.05, 4.69) is 12.2 Å². The van der Waals surface area contributed by atoms with Crippen LogP contribution in [0.1, 0.15) is 46.0 Å². The monoisotopic (exact) mass is 284 g/mol. The van der Waals surface area contributed by atoms with Crippen molar-refractivity contribution in [1.29, 1.82) is 0 Å². The number of carbonyl (C=O) groups excluding carboxylic acids is 2. The van der Waals surface area contributed by atoms with Crippen molar-refractivity contribution in [2.45, 2.75) is 57.4 Å². The van der Waals surface area contributed by atoms with E-state index in [0.717, 1.165) is 37.9 Å². The van der Waals surface area contributed by atoms with Gasteiger partial charge in [0.25, 0.3) is 0 Å². The first kappa shape index (κ1) is 14.7. The molecule has 1 aliphatic carbocycles. The van der Waals surface area contributed by atoms with Crippen LogP contribution in [0.3, 0.4) is 0 Å². The summed E-state index contributed by atoms with van der Waals surface area (Å²) in [5, 5.41) is 3.14. The summed E-state index contributed by atoms with van der Waals surface area (Å²) in [6.45, 7) is 4.87. The zero-order valence-electron chi connectivity index (χ0n) is 11.9. The van der Waals surface area contributed by atoms with Crippen LogP contribution in [0.25, 0.3) is 0 Å². The summed E-state index contributed by atoms with van der Waals surface area (Å²) in [6, 6.07) is -0.249. The zero-order chi connectivity index (χ0) is 13.8. The maximum Gasteiger partial charge on any atom is 0.243 e. The molecule has 108 valence electrons. The molecule has 1 saturated heterocycles. The van der Waals surface area contributed by atoms with Crippen molar-refractivity contribution < 1.29 is 9.59 Å². The van der Waals surface area contributed by atoms with E-state index in [9.17, 15) is 9.59 Å². The summed E-state index contributed by atoms with van der Waals surface area (Å²) in [7, 11) is 0. The van der Waals surface area contributed by atoms with E-state index < -0.39 is 0 Å². The lowest BCUT2D eigenvalue weighted by molar-refractivity contribution is -0.140. The van der Waals surface area contributed by atoms with Crippen LogP contribution in [-0.4, -0.2) is 40.4 Å². The van der Waals surface area contributed by atoms with Crippen molar-refractivity contribution in [3.8, 4) is 0 Å². The number of hydrogen-bond acceptors (Lipinski definition) is 3. The maximum atomic E-state index is 12.4. The van der Waals surface area contributed by atoms with Crippen molar-refractivity contribution in [2.75, 3.05) is 12.3 Å². The molecule has 0 aromatic heterocycles. The lowest BCUT2D eigenvalue weighted by Gasteiger charge is -2.28. The third-order valence-corrected chi connectivity index (χ3v) is 5.02. The molecular weight excluding hydrogens is 260 g/mol. The van der Waals surface area contributed by atoms with Crippen LogP contribution in [-0.2, 0) is 9.59 Å². The van der Waals surface area contributed by atoms with Gasteiger partial charge in [-0.25, -0.2) is 0 Å². The maximum absolute atomic E-state index is 12.4. The highest BCUT2D eigenvalue weighted by Gasteiger charge is 2.45. The van der Waals surface area contributed by atoms with Crippen molar-refractivity contribution in [3.63, 3.8) is 0 Å². The highest BCUT2D eigenvalue weighted by atomic mass is 32.2. The summed E-state index contributed by atoms with van der Waals surface area (Å²) in [6.07, 6.45) is 4.97. The van der Waals surface area contributed by atoms with E-state index in [0.29, 0.717) is 6.54 Å². The Morgan fingerprint density at radius 2 is 2.00 bits per heavy atom. The molecule has 1 saturated carbocycles. The van der Waals surface area contributed by atoms with Gasteiger partial charge in [0.2, 0.25) is 11.8 Å². The Balaban J connectivity index is 2.03. The lowest BCUT2D eigenvalue weighted by Crippen LogP contribution is -2.50. The van der Waals surface area contributed by atoms with Crippen molar-refractivity contribution in [1.82, 2.24) is 10.2 Å². The van der Waals surface area contributed by atoms with Crippen LogP contribution < -0.4 is 5.32 Å². The average Bonchev–Trinajstić information content (AvgIpc) is 3.17. The fraction of sp³-hybridized carbons (Fsp3) is 0.857. The highest BCUT2D eigenvalue weighted by molar-refractivity contribution is 8.00. The second-order valence-electron chi connectivity index (χ2n) is 5.40. The SMILES string of the molecule is CCCNC(=O)C1CSC(CCC)N1C(=O)C1CC1. The highest BCUT2D eigenvalue weighted by Crippen LogP contribution is 2.38. The summed E-state index contributed by atoms with van der Waals surface area (Å²) in [4.78, 5) is 26.5. The summed E-state index contributed by atoms with van der Waals surface area (Å²) < 4.78 is 0. The first-order valence-electron chi connectivity index (χ1n) is 7.40. The van der Waals surface area contributed by atoms with Gasteiger partial charge in [0.1, 0.15) is 6.04 Å². The number of carbonyl (C=O) groups is 2. The predicted octanol–water partition coefficient (Wildman–Crippen LogP) is 1.99. The van der Waals surface area contributed by atoms with Gasteiger partial charge in [-0.3, -0.25) is 9.59 Å². The second-order valence-corrected chi connectivity index (χ2v) is 6.61. The van der Waals surface area contributed by atoms with Crippen LogP contribution in [0.2, 0.25) is 0 Å². The largest absolute Gasteiger partial charge is 0.354 e. The Kier molecular flexibility index (Phi) is 5.13. The van der Waals surface area contributed by atoms with Crippen LogP contribution >= 0.6 is 11.8 Å². The number of thioether (sulfide) groups is 1. The Hall–Kier alpha value is -0.710. The quantitative estimate of drug-likeness (QED) is 0.811. The molecular formula is C14H24N2O2S. The van der Waals surface area contributed by atoms with Crippen LogP contribution in [0.5, 0.6) is 0 Å². The van der Waals surface area contributed by atoms with E-state index in [4.69, 9.17) is 0 Å². The molecule has 4 nitrogen and oxygen atoms in total. The molecule has 19 heavy (non-hydrogen) atoms. The first-order valence-corrected chi connectivity index (χ1v) is 8.45. The molecule has 5 heteroatoms. The molecule has 2 unspecified atom stereocenters. The van der Waals surface area contributed by atoms with Gasteiger partial charge < -0.3 is 10.2 Å². The first-order chi connectivity index (χ1) is 9.19. The van der Waals surface area contributed by atoms with E-state index in [-0.39, 0.29) is 29.1 Å². The normalized spacial score (nSPS) is 26.5.